The third kappa shape index (κ3) is 4.70. The average Bonchev–Trinajstić information content (AvgIpc) is 2.38. The van der Waals surface area contributed by atoms with Gasteiger partial charge in [0.25, 0.3) is 5.91 Å². The van der Waals surface area contributed by atoms with E-state index in [-0.39, 0.29) is 0 Å². The number of hydrogen-bond acceptors (Lipinski definition) is 4. The highest BCUT2D eigenvalue weighted by Gasteiger charge is 2.20. The minimum absolute atomic E-state index is 0.314. The van der Waals surface area contributed by atoms with Crippen molar-refractivity contribution in [3.63, 3.8) is 0 Å². The van der Waals surface area contributed by atoms with Gasteiger partial charge in [-0.1, -0.05) is 22.0 Å². The van der Waals surface area contributed by atoms with E-state index in [0.717, 1.165) is 4.47 Å². The van der Waals surface area contributed by atoms with Crippen LogP contribution in [0.25, 0.3) is 0 Å². The number of amides is 3. The van der Waals surface area contributed by atoms with E-state index in [0.29, 0.717) is 5.56 Å². The SMILES string of the molecule is CNC(=O)NC(=O)[C@@H](C)OC(=O)c1cccc(Br)c1. The summed E-state index contributed by atoms with van der Waals surface area (Å²) in [5.74, 6) is -1.33. The molecule has 1 aromatic rings. The summed E-state index contributed by atoms with van der Waals surface area (Å²) in [7, 11) is 1.38. The maximum Gasteiger partial charge on any atom is 0.338 e. The first-order chi connectivity index (χ1) is 8.93. The highest BCUT2D eigenvalue weighted by molar-refractivity contribution is 9.10. The number of rotatable bonds is 3. The number of urea groups is 1. The lowest BCUT2D eigenvalue weighted by Crippen LogP contribution is -2.43. The molecule has 0 saturated carbocycles. The van der Waals surface area contributed by atoms with Crippen molar-refractivity contribution in [1.29, 1.82) is 0 Å². The lowest BCUT2D eigenvalue weighted by atomic mass is 10.2. The molecule has 19 heavy (non-hydrogen) atoms. The van der Waals surface area contributed by atoms with Gasteiger partial charge in [0.1, 0.15) is 0 Å². The number of benzene rings is 1. The van der Waals surface area contributed by atoms with Gasteiger partial charge in [-0.15, -0.1) is 0 Å². The standard InChI is InChI=1S/C12H13BrN2O4/c1-7(10(16)15-12(18)14-2)19-11(17)8-4-3-5-9(13)6-8/h3-7H,1-2H3,(H2,14,15,16,18)/t7-/m1/s1. The van der Waals surface area contributed by atoms with Crippen LogP contribution in [-0.2, 0) is 9.53 Å². The number of esters is 1. The van der Waals surface area contributed by atoms with Crippen LogP contribution in [0.3, 0.4) is 0 Å². The molecule has 0 unspecified atom stereocenters. The quantitative estimate of drug-likeness (QED) is 0.822. The molecule has 6 nitrogen and oxygen atoms in total. The Labute approximate surface area is 118 Å². The van der Waals surface area contributed by atoms with Gasteiger partial charge < -0.3 is 10.1 Å². The highest BCUT2D eigenvalue weighted by atomic mass is 79.9. The molecule has 1 rings (SSSR count). The third-order valence-corrected chi connectivity index (χ3v) is 2.67. The molecule has 0 aliphatic rings. The van der Waals surface area contributed by atoms with Gasteiger partial charge in [-0.2, -0.15) is 0 Å². The molecule has 1 aromatic carbocycles. The van der Waals surface area contributed by atoms with E-state index in [1.54, 1.807) is 24.3 Å². The number of carbonyl (C=O) groups excluding carboxylic acids is 3. The predicted molar refractivity (Wildman–Crippen MR) is 71.6 cm³/mol. The Kier molecular flexibility index (Phi) is 5.50. The Morgan fingerprint density at radius 3 is 2.58 bits per heavy atom. The highest BCUT2D eigenvalue weighted by Crippen LogP contribution is 2.13. The van der Waals surface area contributed by atoms with Crippen molar-refractivity contribution < 1.29 is 19.1 Å². The molecule has 0 spiro atoms. The molecular weight excluding hydrogens is 316 g/mol. The van der Waals surface area contributed by atoms with Crippen LogP contribution in [0.4, 0.5) is 4.79 Å². The minimum atomic E-state index is -1.07. The fourth-order valence-electron chi connectivity index (χ4n) is 1.17. The average molecular weight is 329 g/mol. The molecule has 0 bridgehead atoms. The molecule has 3 amide bonds. The van der Waals surface area contributed by atoms with Gasteiger partial charge in [0, 0.05) is 11.5 Å². The van der Waals surface area contributed by atoms with Crippen LogP contribution in [0.1, 0.15) is 17.3 Å². The maximum atomic E-state index is 11.7. The van der Waals surface area contributed by atoms with Crippen LogP contribution in [0.5, 0.6) is 0 Å². The number of ether oxygens (including phenoxy) is 1. The predicted octanol–water partition coefficient (Wildman–Crippen LogP) is 1.45. The minimum Gasteiger partial charge on any atom is -0.449 e. The zero-order valence-corrected chi connectivity index (χ0v) is 12.0. The molecule has 0 aliphatic heterocycles. The molecule has 0 heterocycles. The summed E-state index contributed by atoms with van der Waals surface area (Å²) in [6.45, 7) is 1.38. The van der Waals surface area contributed by atoms with Gasteiger partial charge in [-0.25, -0.2) is 9.59 Å². The van der Waals surface area contributed by atoms with Crippen molar-refractivity contribution >= 4 is 33.8 Å². The smallest absolute Gasteiger partial charge is 0.338 e. The molecule has 0 saturated heterocycles. The fourth-order valence-corrected chi connectivity index (χ4v) is 1.57. The Balaban J connectivity index is 2.61. The summed E-state index contributed by atoms with van der Waals surface area (Å²) >= 11 is 3.23. The van der Waals surface area contributed by atoms with Crippen LogP contribution in [0.15, 0.2) is 28.7 Å². The summed E-state index contributed by atoms with van der Waals surface area (Å²) in [4.78, 5) is 34.2. The number of nitrogens with one attached hydrogen (secondary N) is 2. The molecule has 7 heteroatoms. The zero-order chi connectivity index (χ0) is 14.4. The Hall–Kier alpha value is -1.89. The molecule has 0 aliphatic carbocycles. The second-order valence-corrected chi connectivity index (χ2v) is 4.54. The first kappa shape index (κ1) is 15.2. The van der Waals surface area contributed by atoms with E-state index in [2.05, 4.69) is 21.2 Å². The van der Waals surface area contributed by atoms with Gasteiger partial charge in [0.2, 0.25) is 0 Å². The second-order valence-electron chi connectivity index (χ2n) is 3.63. The molecule has 0 fully saturated rings. The molecule has 102 valence electrons. The number of carbonyl (C=O) groups is 3. The summed E-state index contributed by atoms with van der Waals surface area (Å²) in [5.41, 5.74) is 0.314. The fraction of sp³-hybridized carbons (Fsp3) is 0.250. The van der Waals surface area contributed by atoms with E-state index >= 15 is 0 Å². The first-order valence-corrected chi connectivity index (χ1v) is 6.22. The lowest BCUT2D eigenvalue weighted by Gasteiger charge is -2.12. The van der Waals surface area contributed by atoms with E-state index in [9.17, 15) is 14.4 Å². The largest absolute Gasteiger partial charge is 0.449 e. The van der Waals surface area contributed by atoms with E-state index < -0.39 is 24.0 Å². The molecule has 0 radical (unpaired) electrons. The van der Waals surface area contributed by atoms with Crippen molar-refractivity contribution in [2.75, 3.05) is 7.05 Å². The normalized spacial score (nSPS) is 11.3. The van der Waals surface area contributed by atoms with E-state index in [4.69, 9.17) is 4.74 Å². The van der Waals surface area contributed by atoms with Crippen molar-refractivity contribution in [1.82, 2.24) is 10.6 Å². The van der Waals surface area contributed by atoms with Crippen molar-refractivity contribution in [2.45, 2.75) is 13.0 Å². The maximum absolute atomic E-state index is 11.7. The Bertz CT molecular complexity index is 504. The monoisotopic (exact) mass is 328 g/mol. The van der Waals surface area contributed by atoms with Crippen LogP contribution in [-0.4, -0.2) is 31.1 Å². The van der Waals surface area contributed by atoms with Gasteiger partial charge >= 0.3 is 12.0 Å². The van der Waals surface area contributed by atoms with Crippen molar-refractivity contribution in [3.05, 3.63) is 34.3 Å². The Morgan fingerprint density at radius 1 is 1.32 bits per heavy atom. The van der Waals surface area contributed by atoms with Crippen LogP contribution >= 0.6 is 15.9 Å². The number of halogens is 1. The Morgan fingerprint density at radius 2 is 2.00 bits per heavy atom. The van der Waals surface area contributed by atoms with Gasteiger partial charge in [-0.05, 0) is 25.1 Å². The zero-order valence-electron chi connectivity index (χ0n) is 10.4. The second kappa shape index (κ2) is 6.89. The summed E-state index contributed by atoms with van der Waals surface area (Å²) in [6.07, 6.45) is -1.07. The number of imide groups is 1. The summed E-state index contributed by atoms with van der Waals surface area (Å²) < 4.78 is 5.67. The molecule has 1 atom stereocenters. The van der Waals surface area contributed by atoms with E-state index in [1.165, 1.54) is 14.0 Å². The van der Waals surface area contributed by atoms with Crippen molar-refractivity contribution in [3.8, 4) is 0 Å². The lowest BCUT2D eigenvalue weighted by molar-refractivity contribution is -0.127. The molecule has 0 aromatic heterocycles. The summed E-state index contributed by atoms with van der Waals surface area (Å²) in [5, 5.41) is 4.25. The van der Waals surface area contributed by atoms with Gasteiger partial charge in [-0.3, -0.25) is 10.1 Å². The summed E-state index contributed by atoms with van der Waals surface area (Å²) in [6, 6.07) is 5.92. The van der Waals surface area contributed by atoms with Crippen LogP contribution in [0.2, 0.25) is 0 Å². The topological polar surface area (TPSA) is 84.5 Å². The molecule has 2 N–H and O–H groups in total. The van der Waals surface area contributed by atoms with Crippen LogP contribution < -0.4 is 10.6 Å². The molecular formula is C12H13BrN2O4. The third-order valence-electron chi connectivity index (χ3n) is 2.18. The first-order valence-electron chi connectivity index (χ1n) is 5.43. The van der Waals surface area contributed by atoms with E-state index in [1.807, 2.05) is 5.32 Å². The number of hydrogen-bond donors (Lipinski definition) is 2. The van der Waals surface area contributed by atoms with Crippen molar-refractivity contribution in [2.24, 2.45) is 0 Å². The van der Waals surface area contributed by atoms with Crippen LogP contribution in [0, 0.1) is 0 Å². The van der Waals surface area contributed by atoms with Gasteiger partial charge in [0.05, 0.1) is 5.56 Å². The van der Waals surface area contributed by atoms with Gasteiger partial charge in [0.15, 0.2) is 6.10 Å².